The minimum Gasteiger partial charge on any atom is -0.495 e. The van der Waals surface area contributed by atoms with Gasteiger partial charge < -0.3 is 15.0 Å². The molecule has 3 N–H and O–H groups in total. The lowest BCUT2D eigenvalue weighted by molar-refractivity contribution is -0.121. The summed E-state index contributed by atoms with van der Waals surface area (Å²) in [6.07, 6.45) is -0.383. The van der Waals surface area contributed by atoms with Crippen LogP contribution < -0.4 is 30.7 Å². The van der Waals surface area contributed by atoms with Gasteiger partial charge in [0.15, 0.2) is 5.17 Å². The fraction of sp³-hybridized carbons (Fsp3) is 0.318. The first-order chi connectivity index (χ1) is 15.9. The highest BCUT2D eigenvalue weighted by Crippen LogP contribution is 2.34. The van der Waals surface area contributed by atoms with Gasteiger partial charge in [-0.25, -0.2) is 10.4 Å². The molecule has 2 unspecified atom stereocenters. The largest absolute Gasteiger partial charge is 0.495 e. The van der Waals surface area contributed by atoms with Gasteiger partial charge in [-0.05, 0) is 42.5 Å². The number of anilines is 3. The normalized spacial score (nSPS) is 19.7. The molecule has 2 aromatic rings. The summed E-state index contributed by atoms with van der Waals surface area (Å²) in [5.74, 6) is -0.0553. The van der Waals surface area contributed by atoms with Crippen LogP contribution in [0.25, 0.3) is 0 Å². The molecule has 1 fully saturated rings. The van der Waals surface area contributed by atoms with Gasteiger partial charge in [-0.2, -0.15) is 0 Å². The molecule has 2 aliphatic rings. The Labute approximate surface area is 201 Å². The summed E-state index contributed by atoms with van der Waals surface area (Å²) in [4.78, 5) is 34.1. The van der Waals surface area contributed by atoms with E-state index >= 15 is 0 Å². The predicted molar refractivity (Wildman–Crippen MR) is 133 cm³/mol. The highest BCUT2D eigenvalue weighted by atomic mass is 35.5. The fourth-order valence-electron chi connectivity index (χ4n) is 3.57. The number of benzene rings is 2. The van der Waals surface area contributed by atoms with E-state index in [1.54, 1.807) is 18.2 Å². The molecular formula is C22H25ClN6O3S. The van der Waals surface area contributed by atoms with E-state index in [1.165, 1.54) is 23.8 Å². The van der Waals surface area contributed by atoms with Gasteiger partial charge in [-0.3, -0.25) is 19.9 Å². The smallest absolute Gasteiger partial charge is 0.241 e. The second-order valence-electron chi connectivity index (χ2n) is 7.76. The van der Waals surface area contributed by atoms with Crippen molar-refractivity contribution in [1.29, 1.82) is 0 Å². The number of hydrogen-bond donors (Lipinski definition) is 3. The van der Waals surface area contributed by atoms with Gasteiger partial charge in [0.2, 0.25) is 11.8 Å². The lowest BCUT2D eigenvalue weighted by Crippen LogP contribution is -2.49. The van der Waals surface area contributed by atoms with Crippen molar-refractivity contribution in [3.05, 3.63) is 47.5 Å². The van der Waals surface area contributed by atoms with Gasteiger partial charge in [-0.15, -0.1) is 0 Å². The van der Waals surface area contributed by atoms with E-state index < -0.39 is 0 Å². The number of ether oxygens (including phenoxy) is 1. The summed E-state index contributed by atoms with van der Waals surface area (Å²) in [7, 11) is 5.44. The van der Waals surface area contributed by atoms with Crippen molar-refractivity contribution < 1.29 is 14.3 Å². The second-order valence-corrected chi connectivity index (χ2v) is 9.11. The van der Waals surface area contributed by atoms with E-state index in [-0.39, 0.29) is 29.7 Å². The first kappa shape index (κ1) is 23.4. The zero-order valence-corrected chi connectivity index (χ0v) is 20.0. The number of hydrogen-bond acceptors (Lipinski definition) is 8. The molecule has 174 valence electrons. The van der Waals surface area contributed by atoms with E-state index in [2.05, 4.69) is 21.2 Å². The number of halogens is 1. The van der Waals surface area contributed by atoms with Crippen LogP contribution in [0.5, 0.6) is 5.75 Å². The molecule has 2 aromatic carbocycles. The maximum Gasteiger partial charge on any atom is 0.241 e. The van der Waals surface area contributed by atoms with Crippen LogP contribution in [-0.4, -0.2) is 56.7 Å². The standard InChI is InChI=1S/C22H25ClN6O3S/c1-28(2)14-6-4-13(5-7-14)25-19(30)12-33-22-26-20-16(11-24-27-20)21(31)29(22)15-8-9-18(32-3)17(23)10-15/h4-10,16,20,24,27H,11-12H2,1-3H3,(H,25,30). The molecule has 0 aromatic heterocycles. The Hall–Kier alpha value is -2.79. The number of nitrogens with zero attached hydrogens (tertiary/aromatic N) is 3. The lowest BCUT2D eigenvalue weighted by atomic mass is 10.0. The summed E-state index contributed by atoms with van der Waals surface area (Å²) in [6.45, 7) is 0.467. The van der Waals surface area contributed by atoms with Crippen LogP contribution in [0.1, 0.15) is 0 Å². The summed E-state index contributed by atoms with van der Waals surface area (Å²) < 4.78 is 5.22. The molecule has 1 saturated heterocycles. The van der Waals surface area contributed by atoms with Crippen molar-refractivity contribution in [3.8, 4) is 5.75 Å². The fourth-order valence-corrected chi connectivity index (χ4v) is 4.67. The number of hydrazine groups is 1. The Kier molecular flexibility index (Phi) is 7.08. The quantitative estimate of drug-likeness (QED) is 0.574. The van der Waals surface area contributed by atoms with Crippen LogP contribution >= 0.6 is 23.4 Å². The number of fused-ring (bicyclic) bond motifs is 1. The molecule has 2 amide bonds. The summed E-state index contributed by atoms with van der Waals surface area (Å²) in [6, 6.07) is 12.7. The monoisotopic (exact) mass is 488 g/mol. The number of aliphatic imine (C=N–C) groups is 1. The summed E-state index contributed by atoms with van der Waals surface area (Å²) >= 11 is 7.50. The maximum atomic E-state index is 13.3. The summed E-state index contributed by atoms with van der Waals surface area (Å²) in [5.41, 5.74) is 8.31. The zero-order chi connectivity index (χ0) is 23.5. The Morgan fingerprint density at radius 1 is 1.30 bits per heavy atom. The van der Waals surface area contributed by atoms with Crippen molar-refractivity contribution in [2.75, 3.05) is 48.6 Å². The molecule has 0 spiro atoms. The number of nitrogens with one attached hydrogen (secondary N) is 3. The number of amidine groups is 1. The minimum atomic E-state index is -0.383. The van der Waals surface area contributed by atoms with Crippen molar-refractivity contribution in [1.82, 2.24) is 10.9 Å². The Bertz CT molecular complexity index is 1080. The van der Waals surface area contributed by atoms with E-state index in [9.17, 15) is 9.59 Å². The van der Waals surface area contributed by atoms with Crippen LogP contribution in [0.4, 0.5) is 17.1 Å². The maximum absolute atomic E-state index is 13.3. The zero-order valence-electron chi connectivity index (χ0n) is 18.5. The number of methoxy groups -OCH3 is 1. The molecule has 33 heavy (non-hydrogen) atoms. The highest BCUT2D eigenvalue weighted by Gasteiger charge is 2.42. The van der Waals surface area contributed by atoms with Crippen LogP contribution in [0.3, 0.4) is 0 Å². The minimum absolute atomic E-state index is 0.0900. The average Bonchev–Trinajstić information content (AvgIpc) is 3.27. The molecular weight excluding hydrogens is 464 g/mol. The van der Waals surface area contributed by atoms with Gasteiger partial charge in [0, 0.05) is 32.0 Å². The molecule has 2 heterocycles. The number of carbonyl (C=O) groups excluding carboxylic acids is 2. The molecule has 0 saturated carbocycles. The van der Waals surface area contributed by atoms with Crippen molar-refractivity contribution in [3.63, 3.8) is 0 Å². The van der Waals surface area contributed by atoms with Crippen LogP contribution in [0.2, 0.25) is 5.02 Å². The van der Waals surface area contributed by atoms with Gasteiger partial charge >= 0.3 is 0 Å². The highest BCUT2D eigenvalue weighted by molar-refractivity contribution is 8.14. The van der Waals surface area contributed by atoms with Crippen LogP contribution in [-0.2, 0) is 9.59 Å². The van der Waals surface area contributed by atoms with Crippen molar-refractivity contribution >= 4 is 57.4 Å². The molecule has 2 atom stereocenters. The summed E-state index contributed by atoms with van der Waals surface area (Å²) in [5, 5.41) is 3.69. The number of thioether (sulfide) groups is 1. The van der Waals surface area contributed by atoms with Crippen molar-refractivity contribution in [2.24, 2.45) is 10.9 Å². The third-order valence-corrected chi connectivity index (χ3v) is 6.57. The molecule has 0 radical (unpaired) electrons. The Balaban J connectivity index is 1.50. The van der Waals surface area contributed by atoms with E-state index in [1.807, 2.05) is 43.3 Å². The van der Waals surface area contributed by atoms with Crippen LogP contribution in [0, 0.1) is 5.92 Å². The number of amides is 2. The molecule has 9 nitrogen and oxygen atoms in total. The van der Waals surface area contributed by atoms with E-state index in [4.69, 9.17) is 16.3 Å². The molecule has 11 heteroatoms. The number of rotatable bonds is 6. The van der Waals surface area contributed by atoms with E-state index in [0.29, 0.717) is 33.9 Å². The SMILES string of the molecule is COc1ccc(N2C(=O)C3CNNC3N=C2SCC(=O)Nc2ccc(N(C)C)cc2)cc1Cl. The Morgan fingerprint density at radius 3 is 2.73 bits per heavy atom. The second kappa shape index (κ2) is 10.0. The van der Waals surface area contributed by atoms with Gasteiger partial charge in [0.05, 0.1) is 29.5 Å². The van der Waals surface area contributed by atoms with Gasteiger partial charge in [0.25, 0.3) is 0 Å². The third kappa shape index (κ3) is 5.09. The van der Waals surface area contributed by atoms with Crippen molar-refractivity contribution in [2.45, 2.75) is 6.17 Å². The Morgan fingerprint density at radius 2 is 2.06 bits per heavy atom. The first-order valence-corrected chi connectivity index (χ1v) is 11.7. The first-order valence-electron chi connectivity index (χ1n) is 10.3. The third-order valence-electron chi connectivity index (χ3n) is 5.32. The van der Waals surface area contributed by atoms with Gasteiger partial charge in [-0.1, -0.05) is 23.4 Å². The molecule has 4 rings (SSSR count). The number of carbonyl (C=O) groups is 2. The van der Waals surface area contributed by atoms with Crippen LogP contribution in [0.15, 0.2) is 47.5 Å². The topological polar surface area (TPSA) is 98.3 Å². The predicted octanol–water partition coefficient (Wildman–Crippen LogP) is 2.54. The average molecular weight is 489 g/mol. The molecule has 2 aliphatic heterocycles. The lowest BCUT2D eigenvalue weighted by Gasteiger charge is -2.32. The van der Waals surface area contributed by atoms with Gasteiger partial charge in [0.1, 0.15) is 11.9 Å². The molecule has 0 aliphatic carbocycles. The van der Waals surface area contributed by atoms with E-state index in [0.717, 1.165) is 5.69 Å². The molecule has 0 bridgehead atoms.